The molecule has 2 N–H and O–H groups in total. The number of hydrogen-bond acceptors (Lipinski definition) is 3. The number of aromatic nitrogens is 1. The zero-order valence-electron chi connectivity index (χ0n) is 12.3. The van der Waals surface area contributed by atoms with E-state index in [-0.39, 0.29) is 6.04 Å². The van der Waals surface area contributed by atoms with Gasteiger partial charge in [-0.05, 0) is 37.2 Å². The first-order chi connectivity index (χ1) is 9.72. The van der Waals surface area contributed by atoms with Crippen molar-refractivity contribution >= 4 is 0 Å². The highest BCUT2D eigenvalue weighted by atomic mass is 15.1. The first-order valence-corrected chi connectivity index (χ1v) is 7.08. The van der Waals surface area contributed by atoms with Gasteiger partial charge in [-0.2, -0.15) is 0 Å². The van der Waals surface area contributed by atoms with Crippen LogP contribution >= 0.6 is 0 Å². The molecular weight excluding hydrogens is 246 g/mol. The number of benzene rings is 1. The summed E-state index contributed by atoms with van der Waals surface area (Å²) in [5.74, 6) is 0. The molecule has 0 saturated heterocycles. The maximum absolute atomic E-state index is 5.99. The summed E-state index contributed by atoms with van der Waals surface area (Å²) in [7, 11) is 2.13. The Kier molecular flexibility index (Phi) is 5.27. The minimum absolute atomic E-state index is 0.264. The lowest BCUT2D eigenvalue weighted by Crippen LogP contribution is -2.32. The molecule has 0 radical (unpaired) electrons. The molecule has 106 valence electrons. The Bertz CT molecular complexity index is 525. The highest BCUT2D eigenvalue weighted by Gasteiger charge is 2.16. The highest BCUT2D eigenvalue weighted by Crippen LogP contribution is 2.21. The zero-order chi connectivity index (χ0) is 14.4. The van der Waals surface area contributed by atoms with E-state index in [0.29, 0.717) is 6.54 Å². The standard InChI is InChI=1S/C17H23N3/c1-14-7-3-4-9-16(14)17(13-18)20(2)12-10-15-8-5-6-11-19-15/h3-9,11,17H,10,12-13,18H2,1-2H3. The third-order valence-electron chi connectivity index (χ3n) is 3.75. The van der Waals surface area contributed by atoms with Crippen molar-refractivity contribution in [3.05, 3.63) is 65.5 Å². The van der Waals surface area contributed by atoms with Crippen LogP contribution in [-0.4, -0.2) is 30.0 Å². The van der Waals surface area contributed by atoms with Crippen LogP contribution in [0.5, 0.6) is 0 Å². The second-order valence-corrected chi connectivity index (χ2v) is 5.16. The van der Waals surface area contributed by atoms with Crippen molar-refractivity contribution in [1.29, 1.82) is 0 Å². The minimum Gasteiger partial charge on any atom is -0.329 e. The molecule has 0 aliphatic carbocycles. The quantitative estimate of drug-likeness (QED) is 0.876. The van der Waals surface area contributed by atoms with Crippen molar-refractivity contribution in [2.45, 2.75) is 19.4 Å². The highest BCUT2D eigenvalue weighted by molar-refractivity contribution is 5.29. The van der Waals surface area contributed by atoms with Gasteiger partial charge in [-0.3, -0.25) is 9.88 Å². The Morgan fingerprint density at radius 2 is 1.90 bits per heavy atom. The molecule has 0 amide bonds. The van der Waals surface area contributed by atoms with Crippen LogP contribution in [0.3, 0.4) is 0 Å². The number of aryl methyl sites for hydroxylation is 1. The van der Waals surface area contributed by atoms with Crippen molar-refractivity contribution in [3.63, 3.8) is 0 Å². The van der Waals surface area contributed by atoms with Crippen LogP contribution < -0.4 is 5.73 Å². The van der Waals surface area contributed by atoms with Gasteiger partial charge in [-0.1, -0.05) is 30.3 Å². The van der Waals surface area contributed by atoms with E-state index in [0.717, 1.165) is 18.7 Å². The number of pyridine rings is 1. The number of rotatable bonds is 6. The second-order valence-electron chi connectivity index (χ2n) is 5.16. The molecule has 3 heteroatoms. The summed E-state index contributed by atoms with van der Waals surface area (Å²) in [6, 6.07) is 14.8. The molecule has 20 heavy (non-hydrogen) atoms. The average molecular weight is 269 g/mol. The molecule has 1 unspecified atom stereocenters. The van der Waals surface area contributed by atoms with Gasteiger partial charge < -0.3 is 5.73 Å². The fourth-order valence-corrected chi connectivity index (χ4v) is 2.50. The van der Waals surface area contributed by atoms with Crippen LogP contribution in [0.2, 0.25) is 0 Å². The van der Waals surface area contributed by atoms with E-state index in [2.05, 4.69) is 54.2 Å². The molecule has 2 rings (SSSR count). The molecule has 3 nitrogen and oxygen atoms in total. The molecule has 1 atom stereocenters. The summed E-state index contributed by atoms with van der Waals surface area (Å²) in [4.78, 5) is 6.68. The fourth-order valence-electron chi connectivity index (χ4n) is 2.50. The van der Waals surface area contributed by atoms with Gasteiger partial charge in [-0.25, -0.2) is 0 Å². The van der Waals surface area contributed by atoms with Crippen LogP contribution in [0.1, 0.15) is 22.9 Å². The van der Waals surface area contributed by atoms with Gasteiger partial charge >= 0.3 is 0 Å². The lowest BCUT2D eigenvalue weighted by atomic mass is 10.00. The Balaban J connectivity index is 2.03. The molecule has 0 spiro atoms. The Hall–Kier alpha value is -1.71. The van der Waals surface area contributed by atoms with Gasteiger partial charge in [0.05, 0.1) is 0 Å². The summed E-state index contributed by atoms with van der Waals surface area (Å²) in [5, 5.41) is 0. The lowest BCUT2D eigenvalue weighted by molar-refractivity contribution is 0.252. The molecule has 2 aromatic rings. The summed E-state index contributed by atoms with van der Waals surface area (Å²) < 4.78 is 0. The summed E-state index contributed by atoms with van der Waals surface area (Å²) in [5.41, 5.74) is 9.73. The maximum atomic E-state index is 5.99. The maximum Gasteiger partial charge on any atom is 0.0470 e. The van der Waals surface area contributed by atoms with Crippen molar-refractivity contribution in [2.24, 2.45) is 5.73 Å². The van der Waals surface area contributed by atoms with Gasteiger partial charge in [0.15, 0.2) is 0 Å². The molecule has 1 aromatic carbocycles. The van der Waals surface area contributed by atoms with Gasteiger partial charge in [0, 0.05) is 37.4 Å². The van der Waals surface area contributed by atoms with E-state index in [4.69, 9.17) is 5.73 Å². The van der Waals surface area contributed by atoms with E-state index in [1.165, 1.54) is 11.1 Å². The first-order valence-electron chi connectivity index (χ1n) is 7.08. The van der Waals surface area contributed by atoms with E-state index in [9.17, 15) is 0 Å². The third-order valence-corrected chi connectivity index (χ3v) is 3.75. The van der Waals surface area contributed by atoms with Crippen molar-refractivity contribution < 1.29 is 0 Å². The van der Waals surface area contributed by atoms with Crippen LogP contribution in [0.25, 0.3) is 0 Å². The van der Waals surface area contributed by atoms with E-state index in [1.807, 2.05) is 18.3 Å². The minimum atomic E-state index is 0.264. The van der Waals surface area contributed by atoms with Crippen molar-refractivity contribution in [2.75, 3.05) is 20.1 Å². The van der Waals surface area contributed by atoms with Crippen molar-refractivity contribution in [1.82, 2.24) is 9.88 Å². The summed E-state index contributed by atoms with van der Waals surface area (Å²) in [6.45, 7) is 3.72. The summed E-state index contributed by atoms with van der Waals surface area (Å²) >= 11 is 0. The second kappa shape index (κ2) is 7.17. The molecule has 0 saturated carbocycles. The predicted octanol–water partition coefficient (Wildman–Crippen LogP) is 2.56. The predicted molar refractivity (Wildman–Crippen MR) is 83.5 cm³/mol. The van der Waals surface area contributed by atoms with Crippen LogP contribution in [0.15, 0.2) is 48.7 Å². The van der Waals surface area contributed by atoms with Crippen LogP contribution in [0, 0.1) is 6.92 Å². The Morgan fingerprint density at radius 3 is 2.55 bits per heavy atom. The summed E-state index contributed by atoms with van der Waals surface area (Å²) in [6.07, 6.45) is 2.79. The molecule has 1 aromatic heterocycles. The van der Waals surface area contributed by atoms with Crippen molar-refractivity contribution in [3.8, 4) is 0 Å². The molecule has 0 aliphatic rings. The normalized spacial score (nSPS) is 12.6. The van der Waals surface area contributed by atoms with E-state index < -0.39 is 0 Å². The Labute approximate surface area is 121 Å². The monoisotopic (exact) mass is 269 g/mol. The fraction of sp³-hybridized carbons (Fsp3) is 0.353. The third kappa shape index (κ3) is 3.65. The zero-order valence-corrected chi connectivity index (χ0v) is 12.3. The van der Waals surface area contributed by atoms with E-state index in [1.54, 1.807) is 0 Å². The Morgan fingerprint density at radius 1 is 1.15 bits per heavy atom. The number of hydrogen-bond donors (Lipinski definition) is 1. The van der Waals surface area contributed by atoms with Crippen LogP contribution in [-0.2, 0) is 6.42 Å². The van der Waals surface area contributed by atoms with Crippen LogP contribution in [0.4, 0.5) is 0 Å². The van der Waals surface area contributed by atoms with Gasteiger partial charge in [0.2, 0.25) is 0 Å². The molecule has 0 aliphatic heterocycles. The van der Waals surface area contributed by atoms with E-state index >= 15 is 0 Å². The number of nitrogens with two attached hydrogens (primary N) is 1. The average Bonchev–Trinajstić information content (AvgIpc) is 2.49. The largest absolute Gasteiger partial charge is 0.329 e. The lowest BCUT2D eigenvalue weighted by Gasteiger charge is -2.28. The number of nitrogens with zero attached hydrogens (tertiary/aromatic N) is 2. The SMILES string of the molecule is Cc1ccccc1C(CN)N(C)CCc1ccccn1. The smallest absolute Gasteiger partial charge is 0.0470 e. The molecule has 0 fully saturated rings. The molecular formula is C17H23N3. The van der Waals surface area contributed by atoms with Gasteiger partial charge in [0.1, 0.15) is 0 Å². The molecule has 1 heterocycles. The van der Waals surface area contributed by atoms with Gasteiger partial charge in [-0.15, -0.1) is 0 Å². The topological polar surface area (TPSA) is 42.1 Å². The van der Waals surface area contributed by atoms with Gasteiger partial charge in [0.25, 0.3) is 0 Å². The number of likely N-dealkylation sites (N-methyl/N-ethyl adjacent to an activating group) is 1. The molecule has 0 bridgehead atoms. The first kappa shape index (κ1) is 14.7.